The Balaban J connectivity index is 3.03. The minimum atomic E-state index is -3.95. The first-order valence-corrected chi connectivity index (χ1v) is 9.72. The van der Waals surface area contributed by atoms with Crippen LogP contribution in [0.3, 0.4) is 0 Å². The van der Waals surface area contributed by atoms with Crippen molar-refractivity contribution in [1.29, 1.82) is 0 Å². The minimum Gasteiger partial charge on any atom is -0.478 e. The molecule has 1 aromatic rings. The second-order valence-corrected chi connectivity index (χ2v) is 9.06. The maximum Gasteiger partial charge on any atom is 0.337 e. The first-order valence-electron chi connectivity index (χ1n) is 5.21. The number of nitrogens with one attached hydrogen (secondary N) is 1. The number of sulfonamides is 1. The molecule has 2 N–H and O–H groups in total. The molecule has 0 atom stereocenters. The van der Waals surface area contributed by atoms with Gasteiger partial charge in [0.05, 0.1) is 22.8 Å². The van der Waals surface area contributed by atoms with E-state index in [0.29, 0.717) is 4.47 Å². The molecular formula is C10H12BrNO6S2. The Kier molecular flexibility index (Phi) is 5.16. The Morgan fingerprint density at radius 2 is 1.85 bits per heavy atom. The van der Waals surface area contributed by atoms with Gasteiger partial charge >= 0.3 is 5.97 Å². The molecule has 0 aliphatic carbocycles. The van der Waals surface area contributed by atoms with E-state index in [9.17, 15) is 21.6 Å². The van der Waals surface area contributed by atoms with E-state index in [2.05, 4.69) is 20.7 Å². The van der Waals surface area contributed by atoms with E-state index in [1.165, 1.54) is 18.2 Å². The third-order valence-electron chi connectivity index (χ3n) is 2.20. The lowest BCUT2D eigenvalue weighted by Crippen LogP contribution is -2.23. The van der Waals surface area contributed by atoms with Gasteiger partial charge in [0.25, 0.3) is 0 Å². The van der Waals surface area contributed by atoms with Gasteiger partial charge in [-0.25, -0.2) is 21.6 Å². The van der Waals surface area contributed by atoms with Crippen LogP contribution < -0.4 is 4.72 Å². The summed E-state index contributed by atoms with van der Waals surface area (Å²) in [5.74, 6) is -2.48. The van der Waals surface area contributed by atoms with Gasteiger partial charge in [-0.2, -0.15) is 0 Å². The third-order valence-corrected chi connectivity index (χ3v) is 5.17. The number of halogens is 1. The van der Waals surface area contributed by atoms with Crippen molar-refractivity contribution in [2.75, 3.05) is 22.5 Å². The maximum absolute atomic E-state index is 11.7. The van der Waals surface area contributed by atoms with E-state index in [-0.39, 0.29) is 11.3 Å². The van der Waals surface area contributed by atoms with E-state index in [1.54, 1.807) is 0 Å². The van der Waals surface area contributed by atoms with Crippen molar-refractivity contribution in [3.63, 3.8) is 0 Å². The van der Waals surface area contributed by atoms with Crippen molar-refractivity contribution in [2.45, 2.75) is 0 Å². The van der Waals surface area contributed by atoms with Crippen LogP contribution in [0, 0.1) is 0 Å². The molecule has 10 heteroatoms. The van der Waals surface area contributed by atoms with Crippen LogP contribution in [-0.2, 0) is 19.9 Å². The fourth-order valence-corrected chi connectivity index (χ4v) is 4.32. The maximum atomic E-state index is 11.7. The standard InChI is InChI=1S/C10H12BrNO6S2/c1-19(15,16)4-5-20(17,18)12-9-6-7(11)2-3-8(9)10(13)14/h2-3,6,12H,4-5H2,1H3,(H,13,14). The SMILES string of the molecule is CS(=O)(=O)CCS(=O)(=O)Nc1cc(Br)ccc1C(=O)O. The highest BCUT2D eigenvalue weighted by molar-refractivity contribution is 9.10. The second-order valence-electron chi connectivity index (χ2n) is 4.05. The first-order chi connectivity index (χ1) is 9.00. The van der Waals surface area contributed by atoms with Crippen LogP contribution in [0.1, 0.15) is 10.4 Å². The molecule has 0 amide bonds. The van der Waals surface area contributed by atoms with Crippen LogP contribution in [-0.4, -0.2) is 45.7 Å². The zero-order chi connectivity index (χ0) is 15.6. The molecule has 0 saturated heterocycles. The van der Waals surface area contributed by atoms with E-state index < -0.39 is 37.3 Å². The first kappa shape index (κ1) is 16.9. The monoisotopic (exact) mass is 385 g/mol. The number of benzene rings is 1. The predicted molar refractivity (Wildman–Crippen MR) is 78.2 cm³/mol. The van der Waals surface area contributed by atoms with Crippen molar-refractivity contribution >= 4 is 47.4 Å². The molecule has 1 aromatic carbocycles. The molecule has 20 heavy (non-hydrogen) atoms. The average Bonchev–Trinajstić information content (AvgIpc) is 2.24. The topological polar surface area (TPSA) is 118 Å². The van der Waals surface area contributed by atoms with E-state index in [4.69, 9.17) is 5.11 Å². The minimum absolute atomic E-state index is 0.125. The van der Waals surface area contributed by atoms with Crippen molar-refractivity contribution in [3.8, 4) is 0 Å². The normalized spacial score (nSPS) is 12.1. The van der Waals surface area contributed by atoms with Crippen LogP contribution in [0.25, 0.3) is 0 Å². The lowest BCUT2D eigenvalue weighted by atomic mass is 10.2. The Morgan fingerprint density at radius 3 is 2.35 bits per heavy atom. The molecule has 0 spiro atoms. The Labute approximate surface area is 125 Å². The highest BCUT2D eigenvalue weighted by Crippen LogP contribution is 2.22. The molecule has 0 heterocycles. The van der Waals surface area contributed by atoms with Gasteiger partial charge in [-0.3, -0.25) is 4.72 Å². The Morgan fingerprint density at radius 1 is 1.25 bits per heavy atom. The van der Waals surface area contributed by atoms with Crippen molar-refractivity contribution in [2.24, 2.45) is 0 Å². The quantitative estimate of drug-likeness (QED) is 0.751. The van der Waals surface area contributed by atoms with E-state index in [0.717, 1.165) is 6.26 Å². The largest absolute Gasteiger partial charge is 0.478 e. The summed E-state index contributed by atoms with van der Waals surface area (Å²) in [6.07, 6.45) is 0.921. The molecule has 7 nitrogen and oxygen atoms in total. The number of carboxylic acid groups (broad SMARTS) is 1. The predicted octanol–water partition coefficient (Wildman–Crippen LogP) is 0.934. The molecule has 0 saturated carbocycles. The summed E-state index contributed by atoms with van der Waals surface area (Å²) in [4.78, 5) is 11.0. The molecule has 0 fully saturated rings. The second kappa shape index (κ2) is 6.10. The van der Waals surface area contributed by atoms with E-state index >= 15 is 0 Å². The van der Waals surface area contributed by atoms with E-state index in [1.807, 2.05) is 0 Å². The number of hydrogen-bond donors (Lipinski definition) is 2. The number of sulfone groups is 1. The molecule has 112 valence electrons. The van der Waals surface area contributed by atoms with Gasteiger partial charge in [-0.15, -0.1) is 0 Å². The van der Waals surface area contributed by atoms with Gasteiger partial charge < -0.3 is 5.11 Å². The molecule has 0 aromatic heterocycles. The smallest absolute Gasteiger partial charge is 0.337 e. The number of carbonyl (C=O) groups is 1. The van der Waals surface area contributed by atoms with Crippen LogP contribution in [0.5, 0.6) is 0 Å². The fourth-order valence-electron chi connectivity index (χ4n) is 1.27. The number of rotatable bonds is 6. The van der Waals surface area contributed by atoms with Crippen LogP contribution >= 0.6 is 15.9 Å². The zero-order valence-corrected chi connectivity index (χ0v) is 13.5. The fraction of sp³-hybridized carbons (Fsp3) is 0.300. The lowest BCUT2D eigenvalue weighted by molar-refractivity contribution is 0.0698. The highest BCUT2D eigenvalue weighted by Gasteiger charge is 2.18. The number of carboxylic acids is 1. The van der Waals surface area contributed by atoms with Crippen molar-refractivity contribution < 1.29 is 26.7 Å². The van der Waals surface area contributed by atoms with Gasteiger partial charge in [0.1, 0.15) is 9.84 Å². The summed E-state index contributed by atoms with van der Waals surface area (Å²) in [5, 5.41) is 8.97. The number of hydrogen-bond acceptors (Lipinski definition) is 5. The third kappa shape index (κ3) is 5.47. The zero-order valence-electron chi connectivity index (χ0n) is 10.3. The molecular weight excluding hydrogens is 374 g/mol. The number of aromatic carboxylic acids is 1. The summed E-state index contributed by atoms with van der Waals surface area (Å²) in [6, 6.07) is 3.99. The Bertz CT molecular complexity index is 726. The lowest BCUT2D eigenvalue weighted by Gasteiger charge is -2.10. The molecule has 0 aliphatic rings. The average molecular weight is 386 g/mol. The number of anilines is 1. The summed E-state index contributed by atoms with van der Waals surface area (Å²) in [7, 11) is -7.38. The molecule has 0 bridgehead atoms. The molecule has 1 rings (SSSR count). The molecule has 0 radical (unpaired) electrons. The highest BCUT2D eigenvalue weighted by atomic mass is 79.9. The van der Waals surface area contributed by atoms with Gasteiger partial charge in [-0.1, -0.05) is 15.9 Å². The molecule has 0 unspecified atom stereocenters. The summed E-state index contributed by atoms with van der Waals surface area (Å²) >= 11 is 3.10. The summed E-state index contributed by atoms with van der Waals surface area (Å²) in [5.41, 5.74) is -0.350. The van der Waals surface area contributed by atoms with Gasteiger partial charge in [0.15, 0.2) is 0 Å². The van der Waals surface area contributed by atoms with Crippen LogP contribution in [0.2, 0.25) is 0 Å². The van der Waals surface area contributed by atoms with Gasteiger partial charge in [-0.05, 0) is 18.2 Å². The summed E-state index contributed by atoms with van der Waals surface area (Å²) < 4.78 is 48.0. The van der Waals surface area contributed by atoms with Gasteiger partial charge in [0.2, 0.25) is 10.0 Å². The van der Waals surface area contributed by atoms with Gasteiger partial charge in [0, 0.05) is 10.7 Å². The summed E-state index contributed by atoms with van der Waals surface area (Å²) in [6.45, 7) is 0. The molecule has 0 aliphatic heterocycles. The van der Waals surface area contributed by atoms with Crippen molar-refractivity contribution in [3.05, 3.63) is 28.2 Å². The van der Waals surface area contributed by atoms with Crippen molar-refractivity contribution in [1.82, 2.24) is 0 Å². The van der Waals surface area contributed by atoms with Crippen LogP contribution in [0.15, 0.2) is 22.7 Å². The Hall–Kier alpha value is -1.13. The van der Waals surface area contributed by atoms with Crippen LogP contribution in [0.4, 0.5) is 5.69 Å².